The lowest BCUT2D eigenvalue weighted by atomic mass is 10.0. The van der Waals surface area contributed by atoms with Crippen molar-refractivity contribution in [3.8, 4) is 11.6 Å². The largest absolute Gasteiger partial charge is 0.439 e. The van der Waals surface area contributed by atoms with Gasteiger partial charge in [0.1, 0.15) is 11.6 Å². The van der Waals surface area contributed by atoms with Gasteiger partial charge in [-0.3, -0.25) is 0 Å². The van der Waals surface area contributed by atoms with Gasteiger partial charge in [0.05, 0.1) is 32.0 Å². The van der Waals surface area contributed by atoms with Crippen molar-refractivity contribution >= 4 is 5.95 Å². The minimum absolute atomic E-state index is 0.0412. The SMILES string of the molecule is Fc1cccc(Oc2cc(C(F)(F)F)nc(N3CCC4(CNCCOCCO4)C3)n2)c1. The monoisotopic (exact) mass is 442 g/mol. The summed E-state index contributed by atoms with van der Waals surface area (Å²) in [5.74, 6) is -0.957. The van der Waals surface area contributed by atoms with Crippen molar-refractivity contribution < 1.29 is 31.8 Å². The van der Waals surface area contributed by atoms with E-state index < -0.39 is 23.3 Å². The van der Waals surface area contributed by atoms with E-state index in [1.165, 1.54) is 18.2 Å². The summed E-state index contributed by atoms with van der Waals surface area (Å²) in [7, 11) is 0. The van der Waals surface area contributed by atoms with Gasteiger partial charge in [0, 0.05) is 31.8 Å². The summed E-state index contributed by atoms with van der Waals surface area (Å²) in [5.41, 5.74) is -1.71. The normalized spacial score (nSPS) is 22.8. The quantitative estimate of drug-likeness (QED) is 0.733. The number of nitrogens with zero attached hydrogens (tertiary/aromatic N) is 3. The van der Waals surface area contributed by atoms with Gasteiger partial charge in [-0.25, -0.2) is 9.37 Å². The van der Waals surface area contributed by atoms with Crippen molar-refractivity contribution in [2.75, 3.05) is 50.9 Å². The number of hydrogen-bond acceptors (Lipinski definition) is 7. The lowest BCUT2D eigenvalue weighted by Gasteiger charge is -2.29. The topological polar surface area (TPSA) is 68.7 Å². The van der Waals surface area contributed by atoms with Crippen LogP contribution in [0.3, 0.4) is 0 Å². The molecular formula is C20H22F4N4O3. The number of halogens is 4. The Bertz CT molecular complexity index is 902. The van der Waals surface area contributed by atoms with Crippen LogP contribution >= 0.6 is 0 Å². The van der Waals surface area contributed by atoms with E-state index in [9.17, 15) is 17.6 Å². The van der Waals surface area contributed by atoms with Crippen LogP contribution in [0.1, 0.15) is 12.1 Å². The van der Waals surface area contributed by atoms with Crippen molar-refractivity contribution in [1.82, 2.24) is 15.3 Å². The highest BCUT2D eigenvalue weighted by atomic mass is 19.4. The molecule has 2 aromatic rings. The smallest absolute Gasteiger partial charge is 0.433 e. The zero-order chi connectivity index (χ0) is 21.9. The Labute approximate surface area is 176 Å². The van der Waals surface area contributed by atoms with E-state index in [4.69, 9.17) is 14.2 Å². The van der Waals surface area contributed by atoms with Gasteiger partial charge in [-0.05, 0) is 18.6 Å². The van der Waals surface area contributed by atoms with Gasteiger partial charge in [-0.1, -0.05) is 6.07 Å². The Morgan fingerprint density at radius 2 is 2.00 bits per heavy atom. The first-order valence-electron chi connectivity index (χ1n) is 9.90. The van der Waals surface area contributed by atoms with Crippen molar-refractivity contribution in [3.05, 3.63) is 41.8 Å². The van der Waals surface area contributed by atoms with Crippen molar-refractivity contribution in [1.29, 1.82) is 0 Å². The predicted octanol–water partition coefficient (Wildman–Crippen LogP) is 3.01. The molecule has 0 aliphatic carbocycles. The lowest BCUT2D eigenvalue weighted by molar-refractivity contribution is -0.141. The van der Waals surface area contributed by atoms with Gasteiger partial charge in [-0.2, -0.15) is 18.2 Å². The Kier molecular flexibility index (Phi) is 6.26. The zero-order valence-electron chi connectivity index (χ0n) is 16.6. The number of benzene rings is 1. The van der Waals surface area contributed by atoms with Crippen LogP contribution < -0.4 is 15.0 Å². The molecule has 1 N–H and O–H groups in total. The van der Waals surface area contributed by atoms with Crippen LogP contribution in [-0.2, 0) is 15.7 Å². The van der Waals surface area contributed by atoms with Crippen LogP contribution in [-0.4, -0.2) is 61.6 Å². The number of aromatic nitrogens is 2. The van der Waals surface area contributed by atoms with Crippen molar-refractivity contribution in [3.63, 3.8) is 0 Å². The predicted molar refractivity (Wildman–Crippen MR) is 103 cm³/mol. The minimum atomic E-state index is -4.69. The fourth-order valence-corrected chi connectivity index (χ4v) is 3.61. The standard InChI is InChI=1S/C20H22F4N4O3/c21-14-2-1-3-15(10-14)31-17-11-16(20(22,23)24)26-18(27-17)28-6-4-19(13-28)12-25-5-7-29-8-9-30-19/h1-3,10-11,25H,4-9,12-13H2. The summed E-state index contributed by atoms with van der Waals surface area (Å²) in [4.78, 5) is 9.53. The van der Waals surface area contributed by atoms with Gasteiger partial charge >= 0.3 is 6.18 Å². The molecule has 168 valence electrons. The highest BCUT2D eigenvalue weighted by Crippen LogP contribution is 2.34. The van der Waals surface area contributed by atoms with Crippen LogP contribution in [0.25, 0.3) is 0 Å². The van der Waals surface area contributed by atoms with Gasteiger partial charge in [0.15, 0.2) is 5.69 Å². The summed E-state index contributed by atoms with van der Waals surface area (Å²) in [6.45, 7) is 3.36. The number of ether oxygens (including phenoxy) is 3. The molecule has 7 nitrogen and oxygen atoms in total. The zero-order valence-corrected chi connectivity index (χ0v) is 16.6. The molecule has 2 fully saturated rings. The summed E-state index contributed by atoms with van der Waals surface area (Å²) in [6, 6.07) is 5.81. The molecule has 31 heavy (non-hydrogen) atoms. The van der Waals surface area contributed by atoms with E-state index in [0.29, 0.717) is 58.5 Å². The molecule has 4 rings (SSSR count). The molecule has 0 bridgehead atoms. The molecule has 1 unspecified atom stereocenters. The Balaban J connectivity index is 1.59. The van der Waals surface area contributed by atoms with Crippen molar-refractivity contribution in [2.24, 2.45) is 0 Å². The number of hydrogen-bond donors (Lipinski definition) is 1. The molecule has 0 radical (unpaired) electrons. The second-order valence-electron chi connectivity index (χ2n) is 7.44. The van der Waals surface area contributed by atoms with Crippen molar-refractivity contribution in [2.45, 2.75) is 18.2 Å². The molecule has 1 aromatic carbocycles. The summed E-state index contributed by atoms with van der Waals surface area (Å²) in [6.07, 6.45) is -4.09. The maximum atomic E-state index is 13.5. The molecule has 2 aliphatic rings. The molecule has 3 heterocycles. The van der Waals surface area contributed by atoms with E-state index >= 15 is 0 Å². The fourth-order valence-electron chi connectivity index (χ4n) is 3.61. The summed E-state index contributed by atoms with van der Waals surface area (Å²) in [5, 5.41) is 3.26. The van der Waals surface area contributed by atoms with E-state index in [1.807, 2.05) is 0 Å². The molecule has 1 aromatic heterocycles. The van der Waals surface area contributed by atoms with Gasteiger partial charge < -0.3 is 24.4 Å². The van der Waals surface area contributed by atoms with Gasteiger partial charge in [0.25, 0.3) is 0 Å². The highest BCUT2D eigenvalue weighted by molar-refractivity contribution is 5.39. The second-order valence-corrected chi connectivity index (χ2v) is 7.44. The van der Waals surface area contributed by atoms with Crippen LogP contribution in [0.4, 0.5) is 23.5 Å². The fraction of sp³-hybridized carbons (Fsp3) is 0.500. The van der Waals surface area contributed by atoms with E-state index in [-0.39, 0.29) is 17.6 Å². The minimum Gasteiger partial charge on any atom is -0.439 e. The molecule has 0 saturated carbocycles. The molecule has 2 aliphatic heterocycles. The van der Waals surface area contributed by atoms with E-state index in [0.717, 1.165) is 6.07 Å². The lowest BCUT2D eigenvalue weighted by Crippen LogP contribution is -2.46. The number of anilines is 1. The third-order valence-corrected chi connectivity index (χ3v) is 5.11. The summed E-state index contributed by atoms with van der Waals surface area (Å²) < 4.78 is 70.6. The first-order valence-corrected chi connectivity index (χ1v) is 9.90. The van der Waals surface area contributed by atoms with E-state index in [2.05, 4.69) is 15.3 Å². The first kappa shape index (κ1) is 21.7. The Morgan fingerprint density at radius 3 is 2.81 bits per heavy atom. The second kappa shape index (κ2) is 8.93. The van der Waals surface area contributed by atoms with E-state index in [1.54, 1.807) is 4.90 Å². The number of alkyl halides is 3. The first-order chi connectivity index (χ1) is 14.8. The molecular weight excluding hydrogens is 420 g/mol. The number of nitrogens with one attached hydrogen (secondary N) is 1. The van der Waals surface area contributed by atoms with Gasteiger partial charge in [-0.15, -0.1) is 0 Å². The summed E-state index contributed by atoms with van der Waals surface area (Å²) >= 11 is 0. The van der Waals surface area contributed by atoms with Crippen LogP contribution in [0.2, 0.25) is 0 Å². The Hall–Kier alpha value is -2.50. The average Bonchev–Trinajstić information content (AvgIpc) is 3.18. The van der Waals surface area contributed by atoms with Crippen LogP contribution in [0.15, 0.2) is 30.3 Å². The molecule has 1 spiro atoms. The molecule has 1 atom stereocenters. The third kappa shape index (κ3) is 5.41. The Morgan fingerprint density at radius 1 is 1.13 bits per heavy atom. The third-order valence-electron chi connectivity index (χ3n) is 5.11. The van der Waals surface area contributed by atoms with Crippen LogP contribution in [0.5, 0.6) is 11.6 Å². The average molecular weight is 442 g/mol. The van der Waals surface area contributed by atoms with Crippen LogP contribution in [0, 0.1) is 5.82 Å². The molecule has 11 heteroatoms. The molecule has 0 amide bonds. The highest BCUT2D eigenvalue weighted by Gasteiger charge is 2.41. The molecule has 2 saturated heterocycles. The maximum absolute atomic E-state index is 13.5. The maximum Gasteiger partial charge on any atom is 0.433 e. The van der Waals surface area contributed by atoms with Gasteiger partial charge in [0.2, 0.25) is 11.8 Å². The number of rotatable bonds is 3.